The van der Waals surface area contributed by atoms with Crippen LogP contribution in [0.2, 0.25) is 0 Å². The van der Waals surface area contributed by atoms with E-state index in [1.54, 1.807) is 36.1 Å². The molecule has 6 aromatic heterocycles. The van der Waals surface area contributed by atoms with E-state index in [-0.39, 0.29) is 0 Å². The topological polar surface area (TPSA) is 128 Å². The summed E-state index contributed by atoms with van der Waals surface area (Å²) in [5, 5.41) is 25.4. The third-order valence-corrected chi connectivity index (χ3v) is 6.35. The fourth-order valence-corrected chi connectivity index (χ4v) is 4.55. The Balaban J connectivity index is 1.43. The number of aromatic amines is 2. The third kappa shape index (κ3) is 3.58. The summed E-state index contributed by atoms with van der Waals surface area (Å²) in [6, 6.07) is 8.02. The number of rotatable bonds is 6. The van der Waals surface area contributed by atoms with Crippen LogP contribution in [-0.2, 0) is 0 Å². The lowest BCUT2D eigenvalue weighted by molar-refractivity contribution is 0.199. The fourth-order valence-electron chi connectivity index (χ4n) is 3.90. The Hall–Kier alpha value is -4.15. The van der Waals surface area contributed by atoms with Gasteiger partial charge in [0.15, 0.2) is 17.1 Å². The minimum Gasteiger partial charge on any atom is -0.374 e. The molecule has 1 atom stereocenters. The molecule has 10 heteroatoms. The maximum Gasteiger partial charge on any atom is 0.181 e. The minimum absolute atomic E-state index is 0.592. The molecular weight excluding hydrogens is 448 g/mol. The molecule has 4 N–H and O–H groups in total. The van der Waals surface area contributed by atoms with Gasteiger partial charge in [-0.15, -0.1) is 0 Å². The molecular formula is C24H20N8OS. The second kappa shape index (κ2) is 8.32. The molecule has 0 fully saturated rings. The Morgan fingerprint density at radius 3 is 2.82 bits per heavy atom. The lowest BCUT2D eigenvalue weighted by Gasteiger charge is -2.12. The molecule has 6 heterocycles. The second-order valence-corrected chi connectivity index (χ2v) is 8.66. The number of pyridine rings is 3. The molecule has 0 saturated heterocycles. The van der Waals surface area contributed by atoms with Crippen LogP contribution in [0.3, 0.4) is 0 Å². The summed E-state index contributed by atoms with van der Waals surface area (Å²) in [7, 11) is 0. The fraction of sp³-hybridized carbons (Fsp3) is 0.125. The zero-order chi connectivity index (χ0) is 23.1. The van der Waals surface area contributed by atoms with Crippen LogP contribution in [-0.4, -0.2) is 46.5 Å². The lowest BCUT2D eigenvalue weighted by atomic mass is 10.1. The van der Waals surface area contributed by atoms with E-state index in [9.17, 15) is 5.11 Å². The summed E-state index contributed by atoms with van der Waals surface area (Å²) in [5.74, 6) is 0.645. The molecule has 0 spiro atoms. The molecule has 168 valence electrons. The molecule has 1 unspecified atom stereocenters. The number of thiophene rings is 1. The minimum atomic E-state index is -0.626. The van der Waals surface area contributed by atoms with Crippen molar-refractivity contribution in [2.45, 2.75) is 19.6 Å². The van der Waals surface area contributed by atoms with Crippen molar-refractivity contribution in [2.24, 2.45) is 0 Å². The maximum absolute atomic E-state index is 9.91. The summed E-state index contributed by atoms with van der Waals surface area (Å²) in [4.78, 5) is 21.4. The van der Waals surface area contributed by atoms with E-state index in [4.69, 9.17) is 4.98 Å². The van der Waals surface area contributed by atoms with Gasteiger partial charge in [0.05, 0.1) is 22.8 Å². The number of aliphatic hydroxyl groups excluding tert-OH is 1. The molecule has 0 radical (unpaired) electrons. The number of anilines is 1. The maximum atomic E-state index is 9.91. The summed E-state index contributed by atoms with van der Waals surface area (Å²) in [5.41, 5.74) is 7.52. The van der Waals surface area contributed by atoms with Crippen molar-refractivity contribution < 1.29 is 5.11 Å². The number of nitrogens with zero attached hydrogens (tertiary/aromatic N) is 5. The van der Waals surface area contributed by atoms with Crippen LogP contribution in [0, 0.1) is 0 Å². The lowest BCUT2D eigenvalue weighted by Crippen LogP contribution is -2.16. The van der Waals surface area contributed by atoms with Crippen LogP contribution < -0.4 is 5.32 Å². The molecule has 0 aromatic carbocycles. The van der Waals surface area contributed by atoms with Crippen molar-refractivity contribution in [3.05, 3.63) is 59.8 Å². The first-order valence-corrected chi connectivity index (χ1v) is 11.8. The van der Waals surface area contributed by atoms with E-state index in [2.05, 4.69) is 52.3 Å². The SMILES string of the molecule is CCC(O)Nc1cncc(-c2cnc3n[nH]c(-c4nc5nccc(-c6ccsc6)c5[nH]4)c3c2)c1. The van der Waals surface area contributed by atoms with Gasteiger partial charge in [-0.05, 0) is 47.0 Å². The van der Waals surface area contributed by atoms with E-state index in [0.717, 1.165) is 44.5 Å². The first-order valence-electron chi connectivity index (χ1n) is 10.8. The van der Waals surface area contributed by atoms with Crippen LogP contribution >= 0.6 is 11.3 Å². The van der Waals surface area contributed by atoms with Gasteiger partial charge >= 0.3 is 0 Å². The molecule has 6 aromatic rings. The first kappa shape index (κ1) is 20.5. The smallest absolute Gasteiger partial charge is 0.181 e. The zero-order valence-corrected chi connectivity index (χ0v) is 19.0. The van der Waals surface area contributed by atoms with Crippen LogP contribution in [0.5, 0.6) is 0 Å². The molecule has 0 saturated carbocycles. The molecule has 0 amide bonds. The molecule has 34 heavy (non-hydrogen) atoms. The molecule has 0 bridgehead atoms. The van der Waals surface area contributed by atoms with Crippen LogP contribution in [0.15, 0.2) is 59.8 Å². The number of imidazole rings is 1. The van der Waals surface area contributed by atoms with Crippen molar-refractivity contribution in [1.29, 1.82) is 0 Å². The van der Waals surface area contributed by atoms with E-state index in [1.807, 2.05) is 25.1 Å². The summed E-state index contributed by atoms with van der Waals surface area (Å²) < 4.78 is 0. The zero-order valence-electron chi connectivity index (χ0n) is 18.1. The van der Waals surface area contributed by atoms with Crippen LogP contribution in [0.25, 0.3) is 56.0 Å². The first-order chi connectivity index (χ1) is 16.7. The summed E-state index contributed by atoms with van der Waals surface area (Å²) in [6.45, 7) is 1.91. The summed E-state index contributed by atoms with van der Waals surface area (Å²) in [6.07, 6.45) is 6.96. The summed E-state index contributed by atoms with van der Waals surface area (Å²) >= 11 is 1.65. The number of nitrogens with one attached hydrogen (secondary N) is 3. The number of H-pyrrole nitrogens is 2. The van der Waals surface area contributed by atoms with Gasteiger partial charge in [0.25, 0.3) is 0 Å². The van der Waals surface area contributed by atoms with Crippen molar-refractivity contribution in [3.8, 4) is 33.8 Å². The Morgan fingerprint density at radius 1 is 1.06 bits per heavy atom. The van der Waals surface area contributed by atoms with Gasteiger partial charge < -0.3 is 15.4 Å². The third-order valence-electron chi connectivity index (χ3n) is 5.66. The average Bonchev–Trinajstić information content (AvgIpc) is 3.62. The van der Waals surface area contributed by atoms with Crippen molar-refractivity contribution in [2.75, 3.05) is 5.32 Å². The molecule has 0 aliphatic rings. The highest BCUT2D eigenvalue weighted by Crippen LogP contribution is 2.32. The Morgan fingerprint density at radius 2 is 1.97 bits per heavy atom. The predicted molar refractivity (Wildman–Crippen MR) is 133 cm³/mol. The van der Waals surface area contributed by atoms with Crippen molar-refractivity contribution in [3.63, 3.8) is 0 Å². The van der Waals surface area contributed by atoms with Gasteiger partial charge in [0.2, 0.25) is 0 Å². The van der Waals surface area contributed by atoms with Gasteiger partial charge in [-0.1, -0.05) is 6.92 Å². The van der Waals surface area contributed by atoms with Gasteiger partial charge in [-0.2, -0.15) is 16.4 Å². The Labute approximate surface area is 198 Å². The van der Waals surface area contributed by atoms with Crippen LogP contribution in [0.1, 0.15) is 13.3 Å². The number of hydrogen-bond donors (Lipinski definition) is 4. The normalized spacial score (nSPS) is 12.4. The van der Waals surface area contributed by atoms with Gasteiger partial charge in [-0.3, -0.25) is 10.1 Å². The highest BCUT2D eigenvalue weighted by molar-refractivity contribution is 7.08. The van der Waals surface area contributed by atoms with Gasteiger partial charge in [-0.25, -0.2) is 15.0 Å². The highest BCUT2D eigenvalue weighted by atomic mass is 32.1. The number of fused-ring (bicyclic) bond motifs is 2. The Kier molecular flexibility index (Phi) is 5.01. The van der Waals surface area contributed by atoms with Gasteiger partial charge in [0.1, 0.15) is 11.9 Å². The molecule has 0 aliphatic heterocycles. The Bertz CT molecular complexity index is 1600. The van der Waals surface area contributed by atoms with Crippen LogP contribution in [0.4, 0.5) is 5.69 Å². The average molecular weight is 469 g/mol. The predicted octanol–water partition coefficient (Wildman–Crippen LogP) is 4.83. The molecule has 6 rings (SSSR count). The van der Waals surface area contributed by atoms with E-state index in [1.165, 1.54) is 0 Å². The van der Waals surface area contributed by atoms with Gasteiger partial charge in [0, 0.05) is 35.3 Å². The standard InChI is InChI=1S/C24H20N8OS/c1-2-19(33)28-16-7-14(9-25-11-16)15-8-18-21(31-32-22(18)27-10-15)24-29-20-17(13-4-6-34-12-13)3-5-26-23(20)30-24/h3-12,19,28,33H,2H2,1H3,(H,26,29,30)(H,27,31,32). The van der Waals surface area contributed by atoms with E-state index in [0.29, 0.717) is 23.5 Å². The van der Waals surface area contributed by atoms with Crippen molar-refractivity contribution >= 4 is 39.2 Å². The quantitative estimate of drug-likeness (QED) is 0.258. The van der Waals surface area contributed by atoms with E-state index < -0.39 is 6.23 Å². The van der Waals surface area contributed by atoms with E-state index >= 15 is 0 Å². The highest BCUT2D eigenvalue weighted by Gasteiger charge is 2.17. The largest absolute Gasteiger partial charge is 0.374 e. The number of aromatic nitrogens is 7. The molecule has 0 aliphatic carbocycles. The second-order valence-electron chi connectivity index (χ2n) is 7.88. The molecule has 9 nitrogen and oxygen atoms in total. The number of hydrogen-bond acceptors (Lipinski definition) is 8. The number of aliphatic hydroxyl groups is 1. The monoisotopic (exact) mass is 468 g/mol. The van der Waals surface area contributed by atoms with Crippen molar-refractivity contribution in [1.82, 2.24) is 35.1 Å².